The Morgan fingerprint density at radius 1 is 1.35 bits per heavy atom. The van der Waals surface area contributed by atoms with E-state index in [0.29, 0.717) is 18.0 Å². The van der Waals surface area contributed by atoms with Gasteiger partial charge in [0.1, 0.15) is 17.6 Å². The first-order valence-corrected chi connectivity index (χ1v) is 5.66. The fourth-order valence-electron chi connectivity index (χ4n) is 1.35. The highest BCUT2D eigenvalue weighted by Gasteiger charge is 2.04. The first kappa shape index (κ1) is 11.7. The van der Waals surface area contributed by atoms with Crippen molar-refractivity contribution in [1.29, 1.82) is 5.26 Å². The molecular formula is C12H8BrFN2O. The quantitative estimate of drug-likeness (QED) is 0.940. The van der Waals surface area contributed by atoms with Crippen LogP contribution in [0.5, 0.6) is 0 Å². The van der Waals surface area contributed by atoms with Crippen LogP contribution in [-0.4, -0.2) is 0 Å². The molecule has 0 bridgehead atoms. The van der Waals surface area contributed by atoms with Gasteiger partial charge in [0.05, 0.1) is 12.2 Å². The molecule has 0 spiro atoms. The number of rotatable bonds is 3. The summed E-state index contributed by atoms with van der Waals surface area (Å²) in [6.07, 6.45) is 0. The fourth-order valence-corrected chi connectivity index (χ4v) is 1.71. The topological polar surface area (TPSA) is 49.0 Å². The monoisotopic (exact) mass is 294 g/mol. The van der Waals surface area contributed by atoms with Crippen molar-refractivity contribution in [2.45, 2.75) is 6.54 Å². The number of anilines is 1. The van der Waals surface area contributed by atoms with Gasteiger partial charge in [-0.05, 0) is 30.3 Å². The highest BCUT2D eigenvalue weighted by atomic mass is 79.9. The van der Waals surface area contributed by atoms with Crippen LogP contribution in [0.3, 0.4) is 0 Å². The molecule has 1 aromatic carbocycles. The SMILES string of the molecule is N#Cc1ccc(CNc2cc(Br)ccc2F)o1. The Balaban J connectivity index is 2.07. The summed E-state index contributed by atoms with van der Waals surface area (Å²) in [4.78, 5) is 0. The molecule has 0 unspecified atom stereocenters. The minimum absolute atomic E-state index is 0.247. The number of nitriles is 1. The van der Waals surface area contributed by atoms with E-state index >= 15 is 0 Å². The summed E-state index contributed by atoms with van der Waals surface area (Å²) >= 11 is 3.26. The van der Waals surface area contributed by atoms with E-state index in [-0.39, 0.29) is 11.6 Å². The lowest BCUT2D eigenvalue weighted by atomic mass is 10.3. The standard InChI is InChI=1S/C12H8BrFN2O/c13-8-1-4-11(14)12(5-8)16-7-10-3-2-9(6-15)17-10/h1-5,16H,7H2. The second-order valence-corrected chi connectivity index (χ2v) is 4.27. The van der Waals surface area contributed by atoms with Crippen LogP contribution in [0.15, 0.2) is 39.2 Å². The summed E-state index contributed by atoms with van der Waals surface area (Å²) in [6.45, 7) is 0.328. The molecule has 86 valence electrons. The minimum Gasteiger partial charge on any atom is -0.449 e. The predicted octanol–water partition coefficient (Wildman–Crippen LogP) is 3.66. The predicted molar refractivity (Wildman–Crippen MR) is 64.8 cm³/mol. The molecule has 0 aliphatic rings. The molecule has 2 aromatic rings. The van der Waals surface area contributed by atoms with Crippen molar-refractivity contribution in [3.05, 3.63) is 52.1 Å². The zero-order chi connectivity index (χ0) is 12.3. The van der Waals surface area contributed by atoms with Crippen LogP contribution in [-0.2, 0) is 6.54 Å². The van der Waals surface area contributed by atoms with Gasteiger partial charge in [0.15, 0.2) is 0 Å². The Morgan fingerprint density at radius 2 is 2.18 bits per heavy atom. The van der Waals surface area contributed by atoms with Crippen LogP contribution in [0.2, 0.25) is 0 Å². The molecule has 0 atom stereocenters. The molecule has 0 saturated heterocycles. The molecule has 2 rings (SSSR count). The molecule has 1 heterocycles. The van der Waals surface area contributed by atoms with Crippen LogP contribution in [0.4, 0.5) is 10.1 Å². The molecule has 0 fully saturated rings. The lowest BCUT2D eigenvalue weighted by molar-refractivity contribution is 0.505. The van der Waals surface area contributed by atoms with Crippen molar-refractivity contribution >= 4 is 21.6 Å². The van der Waals surface area contributed by atoms with E-state index in [1.54, 1.807) is 24.3 Å². The van der Waals surface area contributed by atoms with E-state index in [4.69, 9.17) is 9.68 Å². The van der Waals surface area contributed by atoms with Crippen LogP contribution in [0.1, 0.15) is 11.5 Å². The van der Waals surface area contributed by atoms with Crippen molar-refractivity contribution in [3.8, 4) is 6.07 Å². The van der Waals surface area contributed by atoms with Gasteiger partial charge in [-0.15, -0.1) is 0 Å². The molecule has 1 aromatic heterocycles. The number of furan rings is 1. The number of nitrogens with one attached hydrogen (secondary N) is 1. The maximum atomic E-state index is 13.4. The highest BCUT2D eigenvalue weighted by molar-refractivity contribution is 9.10. The van der Waals surface area contributed by atoms with Gasteiger partial charge in [-0.1, -0.05) is 15.9 Å². The second kappa shape index (κ2) is 5.02. The van der Waals surface area contributed by atoms with Gasteiger partial charge in [-0.2, -0.15) is 5.26 Å². The van der Waals surface area contributed by atoms with E-state index in [1.165, 1.54) is 6.07 Å². The number of benzene rings is 1. The summed E-state index contributed by atoms with van der Waals surface area (Å²) in [5, 5.41) is 11.5. The number of nitrogens with zero attached hydrogens (tertiary/aromatic N) is 1. The molecule has 1 N–H and O–H groups in total. The molecule has 3 nitrogen and oxygen atoms in total. The Morgan fingerprint density at radius 3 is 2.88 bits per heavy atom. The second-order valence-electron chi connectivity index (χ2n) is 3.36. The number of hydrogen-bond acceptors (Lipinski definition) is 3. The molecule has 0 saturated carbocycles. The summed E-state index contributed by atoms with van der Waals surface area (Å²) < 4.78 is 19.3. The van der Waals surface area contributed by atoms with Crippen molar-refractivity contribution in [3.63, 3.8) is 0 Å². The van der Waals surface area contributed by atoms with Gasteiger partial charge >= 0.3 is 0 Å². The normalized spacial score (nSPS) is 9.94. The van der Waals surface area contributed by atoms with Crippen molar-refractivity contribution in [2.75, 3.05) is 5.32 Å². The maximum Gasteiger partial charge on any atom is 0.203 e. The average molecular weight is 295 g/mol. The van der Waals surface area contributed by atoms with Crippen LogP contribution in [0, 0.1) is 17.1 Å². The molecule has 0 aliphatic carbocycles. The summed E-state index contributed by atoms with van der Waals surface area (Å²) in [5.74, 6) is 0.498. The van der Waals surface area contributed by atoms with Gasteiger partial charge in [0, 0.05) is 4.47 Å². The summed E-state index contributed by atoms with van der Waals surface area (Å²) in [5.41, 5.74) is 0.384. The van der Waals surface area contributed by atoms with E-state index in [9.17, 15) is 4.39 Å². The average Bonchev–Trinajstić information content (AvgIpc) is 2.78. The molecular weight excluding hydrogens is 287 g/mol. The molecule has 0 amide bonds. The number of hydrogen-bond donors (Lipinski definition) is 1. The fraction of sp³-hybridized carbons (Fsp3) is 0.0833. The van der Waals surface area contributed by atoms with Gasteiger partial charge in [-0.25, -0.2) is 4.39 Å². The first-order chi connectivity index (χ1) is 8.19. The molecule has 5 heteroatoms. The highest BCUT2D eigenvalue weighted by Crippen LogP contribution is 2.20. The summed E-state index contributed by atoms with van der Waals surface area (Å²) in [7, 11) is 0. The Hall–Kier alpha value is -1.80. The third-order valence-corrected chi connectivity index (χ3v) is 2.65. The van der Waals surface area contributed by atoms with Crippen LogP contribution >= 0.6 is 15.9 Å². The maximum absolute atomic E-state index is 13.4. The molecule has 0 radical (unpaired) electrons. The first-order valence-electron chi connectivity index (χ1n) is 4.87. The lowest BCUT2D eigenvalue weighted by Crippen LogP contribution is -2.00. The minimum atomic E-state index is -0.333. The van der Waals surface area contributed by atoms with E-state index in [2.05, 4.69) is 21.2 Å². The van der Waals surface area contributed by atoms with Gasteiger partial charge in [-0.3, -0.25) is 0 Å². The zero-order valence-electron chi connectivity index (χ0n) is 8.71. The Kier molecular flexibility index (Phi) is 3.45. The zero-order valence-corrected chi connectivity index (χ0v) is 10.3. The Labute approximate surface area is 106 Å². The van der Waals surface area contributed by atoms with Gasteiger partial charge in [0.2, 0.25) is 5.76 Å². The van der Waals surface area contributed by atoms with E-state index in [0.717, 1.165) is 4.47 Å². The Bertz CT molecular complexity index is 574. The van der Waals surface area contributed by atoms with Gasteiger partial charge < -0.3 is 9.73 Å². The largest absolute Gasteiger partial charge is 0.449 e. The summed E-state index contributed by atoms with van der Waals surface area (Å²) in [6, 6.07) is 9.79. The van der Waals surface area contributed by atoms with Crippen LogP contribution < -0.4 is 5.32 Å². The van der Waals surface area contributed by atoms with Crippen molar-refractivity contribution < 1.29 is 8.81 Å². The number of halogens is 2. The lowest BCUT2D eigenvalue weighted by Gasteiger charge is -2.06. The van der Waals surface area contributed by atoms with E-state index in [1.807, 2.05) is 6.07 Å². The third kappa shape index (κ3) is 2.86. The van der Waals surface area contributed by atoms with Crippen LogP contribution in [0.25, 0.3) is 0 Å². The van der Waals surface area contributed by atoms with Gasteiger partial charge in [0.25, 0.3) is 0 Å². The molecule has 17 heavy (non-hydrogen) atoms. The smallest absolute Gasteiger partial charge is 0.203 e. The van der Waals surface area contributed by atoms with E-state index < -0.39 is 0 Å². The van der Waals surface area contributed by atoms with Crippen molar-refractivity contribution in [1.82, 2.24) is 0 Å². The molecule has 0 aliphatic heterocycles. The van der Waals surface area contributed by atoms with Crippen molar-refractivity contribution in [2.24, 2.45) is 0 Å². The third-order valence-electron chi connectivity index (χ3n) is 2.15.